The maximum Gasteiger partial charge on any atom is 0.0833 e. The predicted octanol–water partition coefficient (Wildman–Crippen LogP) is 3.02. The van der Waals surface area contributed by atoms with E-state index >= 15 is 0 Å². The van der Waals surface area contributed by atoms with Gasteiger partial charge in [-0.05, 0) is 19.2 Å². The number of para-hydroxylation sites is 1. The molecule has 0 fully saturated rings. The maximum absolute atomic E-state index is 10.1. The van der Waals surface area contributed by atoms with E-state index in [9.17, 15) is 5.11 Å². The second kappa shape index (κ2) is 6.18. The number of aromatic nitrogens is 1. The van der Waals surface area contributed by atoms with E-state index in [1.54, 1.807) is 11.8 Å². The lowest BCUT2D eigenvalue weighted by atomic mass is 10.1. The number of fused-ring (bicyclic) bond motifs is 1. The molecule has 0 amide bonds. The highest BCUT2D eigenvalue weighted by Crippen LogP contribution is 2.27. The van der Waals surface area contributed by atoms with Gasteiger partial charge in [0.1, 0.15) is 0 Å². The average Bonchev–Trinajstić information content (AvgIpc) is 2.67. The molecule has 2 aromatic rings. The number of rotatable bonds is 6. The van der Waals surface area contributed by atoms with Gasteiger partial charge in [0.2, 0.25) is 0 Å². The Kier molecular flexibility index (Phi) is 4.79. The topological polar surface area (TPSA) is 48.0 Å². The van der Waals surface area contributed by atoms with Gasteiger partial charge in [0.05, 0.1) is 10.6 Å². The molecule has 0 aliphatic rings. The molecule has 3 nitrogen and oxygen atoms in total. The molecule has 0 saturated heterocycles. The van der Waals surface area contributed by atoms with Crippen molar-refractivity contribution in [2.45, 2.75) is 19.1 Å². The molecule has 1 aromatic carbocycles. The van der Waals surface area contributed by atoms with Crippen molar-refractivity contribution in [2.75, 3.05) is 18.6 Å². The molecule has 1 heterocycles. The Morgan fingerprint density at radius 2 is 2.16 bits per heavy atom. The number of hydrogen-bond acceptors (Lipinski definition) is 3. The molecule has 5 heteroatoms. The van der Waals surface area contributed by atoms with E-state index in [0.29, 0.717) is 18.8 Å². The number of benzene rings is 1. The van der Waals surface area contributed by atoms with Gasteiger partial charge < -0.3 is 15.4 Å². The molecule has 2 rings (SSSR count). The molecule has 0 aliphatic carbocycles. The summed E-state index contributed by atoms with van der Waals surface area (Å²) in [5.74, 6) is 0.709. The highest BCUT2D eigenvalue weighted by Gasteiger charge is 2.19. The first-order valence-corrected chi connectivity index (χ1v) is 7.98. The van der Waals surface area contributed by atoms with Crippen LogP contribution in [0.25, 0.3) is 10.9 Å². The minimum Gasteiger partial charge on any atom is -0.388 e. The summed E-state index contributed by atoms with van der Waals surface area (Å²) in [6.07, 6.45) is 1.99. The molecule has 1 atom stereocenters. The number of hydrogen-bond donors (Lipinski definition) is 3. The third-order valence-corrected chi connectivity index (χ3v) is 4.32. The Morgan fingerprint density at radius 1 is 1.42 bits per heavy atom. The van der Waals surface area contributed by atoms with Crippen LogP contribution in [0.15, 0.2) is 24.3 Å². The number of aromatic amines is 1. The van der Waals surface area contributed by atoms with Crippen molar-refractivity contribution in [3.63, 3.8) is 0 Å². The van der Waals surface area contributed by atoms with Crippen LogP contribution in [0, 0.1) is 0 Å². The number of nitrogens with one attached hydrogen (secondary N) is 2. The number of thioether (sulfide) groups is 1. The minimum absolute atomic E-state index is 0.541. The van der Waals surface area contributed by atoms with Crippen LogP contribution in [0.1, 0.15) is 12.6 Å². The fourth-order valence-corrected chi connectivity index (χ4v) is 3.11. The molecule has 3 N–H and O–H groups in total. The minimum atomic E-state index is -0.697. The summed E-state index contributed by atoms with van der Waals surface area (Å²) in [5.41, 5.74) is 1.31. The molecule has 0 saturated carbocycles. The predicted molar refractivity (Wildman–Crippen MR) is 84.0 cm³/mol. The second-order valence-corrected chi connectivity index (χ2v) is 6.24. The van der Waals surface area contributed by atoms with Crippen LogP contribution in [0.3, 0.4) is 0 Å². The van der Waals surface area contributed by atoms with Crippen molar-refractivity contribution in [1.29, 1.82) is 0 Å². The zero-order valence-corrected chi connectivity index (χ0v) is 12.7. The summed E-state index contributed by atoms with van der Waals surface area (Å²) in [7, 11) is 0. The van der Waals surface area contributed by atoms with E-state index in [-0.39, 0.29) is 0 Å². The van der Waals surface area contributed by atoms with E-state index in [0.717, 1.165) is 21.6 Å². The Balaban J connectivity index is 2.00. The third kappa shape index (κ3) is 3.66. The normalized spacial score (nSPS) is 14.7. The summed E-state index contributed by atoms with van der Waals surface area (Å²) in [5, 5.41) is 15.1. The Labute approximate surface area is 122 Å². The summed E-state index contributed by atoms with van der Waals surface area (Å²) >= 11 is 7.97. The first-order chi connectivity index (χ1) is 9.03. The van der Waals surface area contributed by atoms with Crippen LogP contribution < -0.4 is 5.32 Å². The van der Waals surface area contributed by atoms with E-state index in [4.69, 9.17) is 11.6 Å². The molecule has 0 spiro atoms. The van der Waals surface area contributed by atoms with Crippen LogP contribution in [0.5, 0.6) is 0 Å². The summed E-state index contributed by atoms with van der Waals surface area (Å²) in [6, 6.07) is 7.97. The van der Waals surface area contributed by atoms with E-state index in [2.05, 4.69) is 10.3 Å². The lowest BCUT2D eigenvalue weighted by Crippen LogP contribution is -2.39. The first kappa shape index (κ1) is 14.7. The fourth-order valence-electron chi connectivity index (χ4n) is 2.10. The van der Waals surface area contributed by atoms with Gasteiger partial charge in [-0.15, -0.1) is 0 Å². The van der Waals surface area contributed by atoms with Crippen molar-refractivity contribution in [2.24, 2.45) is 0 Å². The van der Waals surface area contributed by atoms with Crippen LogP contribution >= 0.6 is 23.4 Å². The van der Waals surface area contributed by atoms with Gasteiger partial charge in [-0.25, -0.2) is 0 Å². The van der Waals surface area contributed by atoms with Gasteiger partial charge >= 0.3 is 0 Å². The van der Waals surface area contributed by atoms with Crippen molar-refractivity contribution in [3.05, 3.63) is 35.0 Å². The molecule has 0 aliphatic heterocycles. The lowest BCUT2D eigenvalue weighted by Gasteiger charge is -2.22. The molecular weight excluding hydrogens is 280 g/mol. The van der Waals surface area contributed by atoms with Gasteiger partial charge in [0.15, 0.2) is 0 Å². The van der Waals surface area contributed by atoms with E-state index in [1.165, 1.54) is 0 Å². The van der Waals surface area contributed by atoms with Crippen molar-refractivity contribution in [1.82, 2.24) is 10.3 Å². The molecule has 0 bridgehead atoms. The van der Waals surface area contributed by atoms with E-state index < -0.39 is 5.60 Å². The molecule has 19 heavy (non-hydrogen) atoms. The van der Waals surface area contributed by atoms with Crippen LogP contribution in [0.4, 0.5) is 0 Å². The van der Waals surface area contributed by atoms with Gasteiger partial charge in [0, 0.05) is 35.4 Å². The summed E-state index contributed by atoms with van der Waals surface area (Å²) in [6.45, 7) is 3.00. The second-order valence-electron chi connectivity index (χ2n) is 5.00. The molecule has 1 aromatic heterocycles. The Morgan fingerprint density at radius 3 is 2.84 bits per heavy atom. The fraction of sp³-hybridized carbons (Fsp3) is 0.429. The molecular formula is C14H19ClN2OS. The molecule has 1 unspecified atom stereocenters. The zero-order chi connectivity index (χ0) is 13.9. The van der Waals surface area contributed by atoms with Gasteiger partial charge in [-0.3, -0.25) is 0 Å². The van der Waals surface area contributed by atoms with Crippen molar-refractivity contribution in [3.8, 4) is 0 Å². The van der Waals surface area contributed by atoms with Crippen molar-refractivity contribution < 1.29 is 5.11 Å². The summed E-state index contributed by atoms with van der Waals surface area (Å²) in [4.78, 5) is 3.30. The lowest BCUT2D eigenvalue weighted by molar-refractivity contribution is 0.0845. The van der Waals surface area contributed by atoms with Crippen LogP contribution in [-0.2, 0) is 6.54 Å². The SMILES string of the molecule is CSCC(C)(O)CNCc1[nH]c2ccccc2c1Cl. The largest absolute Gasteiger partial charge is 0.388 e. The third-order valence-electron chi connectivity index (χ3n) is 2.98. The monoisotopic (exact) mass is 298 g/mol. The first-order valence-electron chi connectivity index (χ1n) is 6.20. The number of aliphatic hydroxyl groups is 1. The molecule has 104 valence electrons. The standard InChI is InChI=1S/C14H19ClN2OS/c1-14(18,9-19-2)8-16-7-12-13(15)10-5-3-4-6-11(10)17-12/h3-6,16-18H,7-9H2,1-2H3. The highest BCUT2D eigenvalue weighted by atomic mass is 35.5. The zero-order valence-electron chi connectivity index (χ0n) is 11.2. The smallest absolute Gasteiger partial charge is 0.0833 e. The maximum atomic E-state index is 10.1. The molecule has 0 radical (unpaired) electrons. The van der Waals surface area contributed by atoms with Gasteiger partial charge in [-0.2, -0.15) is 11.8 Å². The summed E-state index contributed by atoms with van der Waals surface area (Å²) < 4.78 is 0. The van der Waals surface area contributed by atoms with Crippen molar-refractivity contribution >= 4 is 34.3 Å². The average molecular weight is 299 g/mol. The highest BCUT2D eigenvalue weighted by molar-refractivity contribution is 7.98. The van der Waals surface area contributed by atoms with E-state index in [1.807, 2.05) is 37.4 Å². The van der Waals surface area contributed by atoms with Crippen LogP contribution in [-0.4, -0.2) is 34.2 Å². The van der Waals surface area contributed by atoms with Gasteiger partial charge in [-0.1, -0.05) is 29.8 Å². The Hall–Kier alpha value is -0.680. The van der Waals surface area contributed by atoms with Crippen LogP contribution in [0.2, 0.25) is 5.02 Å². The quantitative estimate of drug-likeness (QED) is 0.768. The number of halogens is 1. The van der Waals surface area contributed by atoms with Gasteiger partial charge in [0.25, 0.3) is 0 Å². The number of H-pyrrole nitrogens is 1. The Bertz CT molecular complexity index is 553.